The Morgan fingerprint density at radius 3 is 2.50 bits per heavy atom. The van der Waals surface area contributed by atoms with E-state index in [2.05, 4.69) is 23.7 Å². The third-order valence-corrected chi connectivity index (χ3v) is 3.42. The van der Waals surface area contributed by atoms with Gasteiger partial charge in [0.05, 0.1) is 19.3 Å². The van der Waals surface area contributed by atoms with Crippen molar-refractivity contribution in [1.29, 1.82) is 0 Å². The van der Waals surface area contributed by atoms with E-state index in [0.717, 1.165) is 0 Å². The monoisotopic (exact) mass is 215 g/mol. The molecule has 4 heteroatoms. The third-order valence-electron chi connectivity index (χ3n) is 2.22. The average molecular weight is 215 g/mol. The van der Waals surface area contributed by atoms with Gasteiger partial charge >= 0.3 is 0 Å². The molecule has 0 saturated carbocycles. The molecule has 1 aromatic rings. The van der Waals surface area contributed by atoms with Crippen molar-refractivity contribution in [2.75, 3.05) is 13.2 Å². The molecule has 0 spiro atoms. The van der Waals surface area contributed by atoms with Crippen LogP contribution < -0.4 is 5.32 Å². The first kappa shape index (κ1) is 11.7. The average Bonchev–Trinajstić information content (AvgIpc) is 2.60. The molecule has 0 aliphatic heterocycles. The van der Waals surface area contributed by atoms with Crippen molar-refractivity contribution in [3.63, 3.8) is 0 Å². The van der Waals surface area contributed by atoms with Crippen LogP contribution in [-0.2, 0) is 0 Å². The van der Waals surface area contributed by atoms with Crippen LogP contribution in [0.1, 0.15) is 23.4 Å². The Morgan fingerprint density at radius 2 is 2.07 bits per heavy atom. The summed E-state index contributed by atoms with van der Waals surface area (Å²) in [5.74, 6) is 0. The fraction of sp³-hybridized carbons (Fsp3) is 0.600. The van der Waals surface area contributed by atoms with E-state index in [-0.39, 0.29) is 25.3 Å². The molecule has 14 heavy (non-hydrogen) atoms. The lowest BCUT2D eigenvalue weighted by atomic mass is 10.1. The van der Waals surface area contributed by atoms with E-state index in [4.69, 9.17) is 10.2 Å². The van der Waals surface area contributed by atoms with E-state index in [9.17, 15) is 0 Å². The summed E-state index contributed by atoms with van der Waals surface area (Å²) in [5.41, 5.74) is 1.25. The Bertz CT molecular complexity index is 271. The maximum atomic E-state index is 8.92. The number of rotatable bonds is 5. The van der Waals surface area contributed by atoms with Crippen LogP contribution in [-0.4, -0.2) is 29.5 Å². The highest BCUT2D eigenvalue weighted by atomic mass is 32.1. The second kappa shape index (κ2) is 5.46. The molecule has 1 heterocycles. The molecule has 3 nitrogen and oxygen atoms in total. The van der Waals surface area contributed by atoms with Gasteiger partial charge in [-0.3, -0.25) is 0 Å². The van der Waals surface area contributed by atoms with Gasteiger partial charge in [-0.25, -0.2) is 0 Å². The van der Waals surface area contributed by atoms with Crippen LogP contribution >= 0.6 is 11.3 Å². The summed E-state index contributed by atoms with van der Waals surface area (Å²) in [6, 6.07) is 2.02. The molecular formula is C10H17NO2S. The number of aryl methyl sites for hydroxylation is 1. The van der Waals surface area contributed by atoms with E-state index >= 15 is 0 Å². The van der Waals surface area contributed by atoms with Gasteiger partial charge in [0.2, 0.25) is 0 Å². The number of aliphatic hydroxyl groups is 2. The van der Waals surface area contributed by atoms with Crippen LogP contribution in [0.5, 0.6) is 0 Å². The second-order valence-corrected chi connectivity index (χ2v) is 4.37. The zero-order chi connectivity index (χ0) is 10.6. The largest absolute Gasteiger partial charge is 0.395 e. The van der Waals surface area contributed by atoms with Gasteiger partial charge in [-0.05, 0) is 30.9 Å². The van der Waals surface area contributed by atoms with E-state index in [1.807, 2.05) is 6.92 Å². The Labute approximate surface area is 88.4 Å². The molecule has 0 saturated heterocycles. The minimum atomic E-state index is -0.230. The van der Waals surface area contributed by atoms with Gasteiger partial charge in [-0.15, -0.1) is 11.3 Å². The van der Waals surface area contributed by atoms with Crippen molar-refractivity contribution in [1.82, 2.24) is 5.32 Å². The molecule has 0 radical (unpaired) electrons. The molecular weight excluding hydrogens is 198 g/mol. The number of hydrogen-bond acceptors (Lipinski definition) is 4. The van der Waals surface area contributed by atoms with Crippen molar-refractivity contribution < 1.29 is 10.2 Å². The number of aliphatic hydroxyl groups excluding tert-OH is 2. The van der Waals surface area contributed by atoms with Crippen molar-refractivity contribution in [2.45, 2.75) is 25.9 Å². The molecule has 3 N–H and O–H groups in total. The minimum absolute atomic E-state index is 0.0364. The van der Waals surface area contributed by atoms with Crippen molar-refractivity contribution in [3.8, 4) is 0 Å². The van der Waals surface area contributed by atoms with Gasteiger partial charge < -0.3 is 15.5 Å². The van der Waals surface area contributed by atoms with Crippen LogP contribution in [0.2, 0.25) is 0 Å². The van der Waals surface area contributed by atoms with E-state index in [1.54, 1.807) is 11.3 Å². The summed E-state index contributed by atoms with van der Waals surface area (Å²) in [6.45, 7) is 4.03. The maximum Gasteiger partial charge on any atom is 0.0607 e. The summed E-state index contributed by atoms with van der Waals surface area (Å²) in [5, 5.41) is 23.1. The highest BCUT2D eigenvalue weighted by molar-refractivity contribution is 7.10. The molecule has 1 atom stereocenters. The van der Waals surface area contributed by atoms with E-state index in [1.165, 1.54) is 10.4 Å². The Balaban J connectivity index is 2.58. The zero-order valence-corrected chi connectivity index (χ0v) is 9.34. The molecule has 1 rings (SSSR count). The SMILES string of the molecule is Cc1ccsc1[C@H](C)NC(CO)CO. The van der Waals surface area contributed by atoms with Gasteiger partial charge in [0, 0.05) is 10.9 Å². The van der Waals surface area contributed by atoms with Gasteiger partial charge in [0.15, 0.2) is 0 Å². The summed E-state index contributed by atoms with van der Waals surface area (Å²) in [4.78, 5) is 1.26. The number of nitrogens with one attached hydrogen (secondary N) is 1. The minimum Gasteiger partial charge on any atom is -0.395 e. The molecule has 0 aliphatic carbocycles. The lowest BCUT2D eigenvalue weighted by molar-refractivity contribution is 0.164. The van der Waals surface area contributed by atoms with Crippen LogP contribution in [0.15, 0.2) is 11.4 Å². The standard InChI is InChI=1S/C10H17NO2S/c1-7-3-4-14-10(7)8(2)11-9(5-12)6-13/h3-4,8-9,11-13H,5-6H2,1-2H3/t8-/m0/s1. The van der Waals surface area contributed by atoms with Crippen LogP contribution in [0, 0.1) is 6.92 Å². The highest BCUT2D eigenvalue weighted by Crippen LogP contribution is 2.23. The predicted octanol–water partition coefficient (Wildman–Crippen LogP) is 1.06. The van der Waals surface area contributed by atoms with Crippen molar-refractivity contribution >= 4 is 11.3 Å². The lowest BCUT2D eigenvalue weighted by Crippen LogP contribution is -2.37. The molecule has 0 aliphatic rings. The molecule has 1 aromatic heterocycles. The van der Waals surface area contributed by atoms with E-state index in [0.29, 0.717) is 0 Å². The predicted molar refractivity (Wildman–Crippen MR) is 58.6 cm³/mol. The quantitative estimate of drug-likeness (QED) is 0.688. The first-order valence-corrected chi connectivity index (χ1v) is 5.58. The van der Waals surface area contributed by atoms with Crippen molar-refractivity contribution in [3.05, 3.63) is 21.9 Å². The highest BCUT2D eigenvalue weighted by Gasteiger charge is 2.13. The summed E-state index contributed by atoms with van der Waals surface area (Å²) in [7, 11) is 0. The number of hydrogen-bond donors (Lipinski definition) is 3. The lowest BCUT2D eigenvalue weighted by Gasteiger charge is -2.19. The fourth-order valence-corrected chi connectivity index (χ4v) is 2.37. The van der Waals surface area contributed by atoms with Crippen LogP contribution in [0.4, 0.5) is 0 Å². The Morgan fingerprint density at radius 1 is 1.43 bits per heavy atom. The fourth-order valence-electron chi connectivity index (χ4n) is 1.42. The Kier molecular flexibility index (Phi) is 4.54. The van der Waals surface area contributed by atoms with Gasteiger partial charge in [0.25, 0.3) is 0 Å². The van der Waals surface area contributed by atoms with Crippen LogP contribution in [0.25, 0.3) is 0 Å². The van der Waals surface area contributed by atoms with Gasteiger partial charge in [-0.1, -0.05) is 0 Å². The third kappa shape index (κ3) is 2.78. The van der Waals surface area contributed by atoms with Crippen LogP contribution in [0.3, 0.4) is 0 Å². The van der Waals surface area contributed by atoms with Gasteiger partial charge in [0.1, 0.15) is 0 Å². The smallest absolute Gasteiger partial charge is 0.0607 e. The zero-order valence-electron chi connectivity index (χ0n) is 8.53. The summed E-state index contributed by atoms with van der Waals surface area (Å²) in [6.07, 6.45) is 0. The normalized spacial score (nSPS) is 13.5. The molecule has 0 unspecified atom stereocenters. The molecule has 0 aromatic carbocycles. The molecule has 0 bridgehead atoms. The first-order chi connectivity index (χ1) is 6.69. The topological polar surface area (TPSA) is 52.5 Å². The maximum absolute atomic E-state index is 8.92. The first-order valence-electron chi connectivity index (χ1n) is 4.70. The van der Waals surface area contributed by atoms with E-state index < -0.39 is 0 Å². The van der Waals surface area contributed by atoms with Crippen molar-refractivity contribution in [2.24, 2.45) is 0 Å². The van der Waals surface area contributed by atoms with Gasteiger partial charge in [-0.2, -0.15) is 0 Å². The summed E-state index contributed by atoms with van der Waals surface area (Å²) >= 11 is 1.69. The number of thiophene rings is 1. The molecule has 0 amide bonds. The second-order valence-electron chi connectivity index (χ2n) is 3.42. The summed E-state index contributed by atoms with van der Waals surface area (Å²) < 4.78 is 0. The molecule has 0 fully saturated rings. The Hall–Kier alpha value is -0.420. The molecule has 80 valence electrons.